The van der Waals surface area contributed by atoms with Gasteiger partial charge >= 0.3 is 12.1 Å². The van der Waals surface area contributed by atoms with Gasteiger partial charge < -0.3 is 29.7 Å². The molecule has 2 rings (SSSR count). The summed E-state index contributed by atoms with van der Waals surface area (Å²) in [5.41, 5.74) is 0.836. The zero-order chi connectivity index (χ0) is 19.1. The van der Waals surface area contributed by atoms with Gasteiger partial charge in [0.25, 0.3) is 0 Å². The van der Waals surface area contributed by atoms with E-state index in [0.717, 1.165) is 5.56 Å². The molecule has 1 fully saturated rings. The van der Waals surface area contributed by atoms with Crippen molar-refractivity contribution < 1.29 is 23.8 Å². The van der Waals surface area contributed by atoms with Crippen LogP contribution in [-0.4, -0.2) is 57.5 Å². The molecular formula is C18H27N3O5. The molecule has 1 aliphatic rings. The molecule has 1 aromatic rings. The smallest absolute Gasteiger partial charge is 0.409 e. The first kappa shape index (κ1) is 19.7. The number of carbonyl (C=O) groups excluding carboxylic acids is 2. The summed E-state index contributed by atoms with van der Waals surface area (Å²) in [6, 6.07) is 4.99. The Hall–Kier alpha value is -2.64. The first-order chi connectivity index (χ1) is 12.5. The summed E-state index contributed by atoms with van der Waals surface area (Å²) < 4.78 is 15.3. The van der Waals surface area contributed by atoms with Crippen molar-refractivity contribution in [1.29, 1.82) is 0 Å². The van der Waals surface area contributed by atoms with E-state index in [1.165, 1.54) is 7.11 Å². The number of urea groups is 1. The minimum atomic E-state index is -0.327. The van der Waals surface area contributed by atoms with Crippen LogP contribution in [0.15, 0.2) is 18.2 Å². The Morgan fingerprint density at radius 2 is 1.85 bits per heavy atom. The highest BCUT2D eigenvalue weighted by Gasteiger charge is 2.25. The van der Waals surface area contributed by atoms with Crippen molar-refractivity contribution >= 4 is 12.1 Å². The fourth-order valence-corrected chi connectivity index (χ4v) is 3.01. The number of ether oxygens (including phenoxy) is 3. The molecular weight excluding hydrogens is 338 g/mol. The van der Waals surface area contributed by atoms with Crippen LogP contribution in [0.1, 0.15) is 31.4 Å². The molecule has 2 N–H and O–H groups in total. The first-order valence-electron chi connectivity index (χ1n) is 8.60. The Morgan fingerprint density at radius 1 is 1.15 bits per heavy atom. The zero-order valence-electron chi connectivity index (χ0n) is 15.7. The maximum Gasteiger partial charge on any atom is 0.409 e. The van der Waals surface area contributed by atoms with Gasteiger partial charge in [0.15, 0.2) is 0 Å². The molecule has 1 aromatic carbocycles. The second kappa shape index (κ2) is 9.17. The number of benzene rings is 1. The van der Waals surface area contributed by atoms with E-state index >= 15 is 0 Å². The highest BCUT2D eigenvalue weighted by atomic mass is 16.5. The number of hydrogen-bond donors (Lipinski definition) is 2. The quantitative estimate of drug-likeness (QED) is 0.836. The Kier molecular flexibility index (Phi) is 6.94. The van der Waals surface area contributed by atoms with Crippen molar-refractivity contribution in [2.75, 3.05) is 34.4 Å². The Morgan fingerprint density at radius 3 is 2.42 bits per heavy atom. The average molecular weight is 365 g/mol. The predicted molar refractivity (Wildman–Crippen MR) is 96.6 cm³/mol. The van der Waals surface area contributed by atoms with E-state index in [0.29, 0.717) is 37.4 Å². The minimum absolute atomic E-state index is 0.0234. The number of methoxy groups -OCH3 is 3. The van der Waals surface area contributed by atoms with Crippen molar-refractivity contribution in [3.8, 4) is 11.5 Å². The van der Waals surface area contributed by atoms with Crippen LogP contribution in [-0.2, 0) is 4.74 Å². The SMILES string of the molecule is COC(=O)N1CCC(NC(=O)N[C@@H](C)c2cc(OC)ccc2OC)CC1. The minimum Gasteiger partial charge on any atom is -0.497 e. The molecule has 8 nitrogen and oxygen atoms in total. The third kappa shape index (κ3) is 4.93. The van der Waals surface area contributed by atoms with Crippen LogP contribution in [0.3, 0.4) is 0 Å². The van der Waals surface area contributed by atoms with E-state index < -0.39 is 0 Å². The molecule has 0 spiro atoms. The van der Waals surface area contributed by atoms with E-state index in [1.807, 2.05) is 25.1 Å². The molecule has 144 valence electrons. The van der Waals surface area contributed by atoms with Gasteiger partial charge in [-0.3, -0.25) is 0 Å². The van der Waals surface area contributed by atoms with E-state index in [9.17, 15) is 9.59 Å². The summed E-state index contributed by atoms with van der Waals surface area (Å²) in [5.74, 6) is 1.38. The van der Waals surface area contributed by atoms with Crippen molar-refractivity contribution in [2.45, 2.75) is 31.8 Å². The summed E-state index contributed by atoms with van der Waals surface area (Å²) in [4.78, 5) is 25.5. The molecule has 0 radical (unpaired) electrons. The number of carbonyl (C=O) groups is 2. The van der Waals surface area contributed by atoms with Gasteiger partial charge in [-0.15, -0.1) is 0 Å². The van der Waals surface area contributed by atoms with Crippen LogP contribution in [0.4, 0.5) is 9.59 Å². The number of nitrogens with zero attached hydrogens (tertiary/aromatic N) is 1. The molecule has 0 saturated carbocycles. The number of nitrogens with one attached hydrogen (secondary N) is 2. The molecule has 1 aliphatic heterocycles. The molecule has 0 bridgehead atoms. The number of amides is 3. The highest BCUT2D eigenvalue weighted by Crippen LogP contribution is 2.29. The standard InChI is InChI=1S/C18H27N3O5/c1-12(15-11-14(24-2)5-6-16(15)25-3)19-17(22)20-13-7-9-21(10-8-13)18(23)26-4/h5-6,11-13H,7-10H2,1-4H3,(H2,19,20,22)/t12-/m0/s1. The zero-order valence-corrected chi connectivity index (χ0v) is 15.7. The van der Waals surface area contributed by atoms with Crippen molar-refractivity contribution in [3.63, 3.8) is 0 Å². The molecule has 0 aliphatic carbocycles. The largest absolute Gasteiger partial charge is 0.497 e. The maximum absolute atomic E-state index is 12.3. The van der Waals surface area contributed by atoms with Gasteiger partial charge in [-0.1, -0.05) is 0 Å². The van der Waals surface area contributed by atoms with Crippen molar-refractivity contribution in [2.24, 2.45) is 0 Å². The number of rotatable bonds is 5. The molecule has 1 saturated heterocycles. The summed E-state index contributed by atoms with van der Waals surface area (Å²) >= 11 is 0. The first-order valence-corrected chi connectivity index (χ1v) is 8.60. The van der Waals surface area contributed by atoms with E-state index in [4.69, 9.17) is 14.2 Å². The van der Waals surface area contributed by atoms with Crippen LogP contribution in [0.5, 0.6) is 11.5 Å². The van der Waals surface area contributed by atoms with Crippen LogP contribution in [0.2, 0.25) is 0 Å². The molecule has 26 heavy (non-hydrogen) atoms. The third-order valence-electron chi connectivity index (χ3n) is 4.51. The fraction of sp³-hybridized carbons (Fsp3) is 0.556. The molecule has 1 heterocycles. The lowest BCUT2D eigenvalue weighted by atomic mass is 10.1. The van der Waals surface area contributed by atoms with Crippen LogP contribution in [0, 0.1) is 0 Å². The van der Waals surface area contributed by atoms with E-state index in [1.54, 1.807) is 19.1 Å². The number of piperidine rings is 1. The van der Waals surface area contributed by atoms with Crippen LogP contribution < -0.4 is 20.1 Å². The van der Waals surface area contributed by atoms with Gasteiger partial charge in [-0.05, 0) is 38.0 Å². The third-order valence-corrected chi connectivity index (χ3v) is 4.51. The van der Waals surface area contributed by atoms with Crippen LogP contribution in [0.25, 0.3) is 0 Å². The molecule has 8 heteroatoms. The monoisotopic (exact) mass is 365 g/mol. The van der Waals surface area contributed by atoms with Crippen LogP contribution >= 0.6 is 0 Å². The predicted octanol–water partition coefficient (Wildman–Crippen LogP) is 2.29. The van der Waals surface area contributed by atoms with Gasteiger partial charge in [-0.25, -0.2) is 9.59 Å². The topological polar surface area (TPSA) is 89.1 Å². The second-order valence-corrected chi connectivity index (χ2v) is 6.18. The highest BCUT2D eigenvalue weighted by molar-refractivity contribution is 5.75. The van der Waals surface area contributed by atoms with E-state index in [2.05, 4.69) is 10.6 Å². The second-order valence-electron chi connectivity index (χ2n) is 6.18. The molecule has 3 amide bonds. The van der Waals surface area contributed by atoms with Gasteiger partial charge in [0.2, 0.25) is 0 Å². The number of hydrogen-bond acceptors (Lipinski definition) is 5. The summed E-state index contributed by atoms with van der Waals surface area (Å²) in [6.45, 7) is 3.02. The summed E-state index contributed by atoms with van der Waals surface area (Å²) in [5, 5.41) is 5.89. The van der Waals surface area contributed by atoms with Gasteiger partial charge in [0, 0.05) is 24.7 Å². The van der Waals surface area contributed by atoms with Crippen molar-refractivity contribution in [3.05, 3.63) is 23.8 Å². The van der Waals surface area contributed by atoms with Gasteiger partial charge in [0.05, 0.1) is 27.4 Å². The maximum atomic E-state index is 12.3. The van der Waals surface area contributed by atoms with E-state index in [-0.39, 0.29) is 24.2 Å². The molecule has 1 atom stereocenters. The normalized spacial score (nSPS) is 15.8. The number of likely N-dealkylation sites (tertiary alicyclic amines) is 1. The summed E-state index contributed by atoms with van der Waals surface area (Å²) in [6.07, 6.45) is 1.06. The Balaban J connectivity index is 1.89. The lowest BCUT2D eigenvalue weighted by Crippen LogP contribution is -2.49. The lowest BCUT2D eigenvalue weighted by Gasteiger charge is -2.31. The lowest BCUT2D eigenvalue weighted by molar-refractivity contribution is 0.110. The van der Waals surface area contributed by atoms with Gasteiger partial charge in [-0.2, -0.15) is 0 Å². The molecule has 0 aromatic heterocycles. The van der Waals surface area contributed by atoms with Gasteiger partial charge in [0.1, 0.15) is 11.5 Å². The molecule has 0 unspecified atom stereocenters. The Labute approximate surface area is 153 Å². The fourth-order valence-electron chi connectivity index (χ4n) is 3.01. The summed E-state index contributed by atoms with van der Waals surface area (Å²) in [7, 11) is 4.55. The average Bonchev–Trinajstić information content (AvgIpc) is 2.67. The Bertz CT molecular complexity index is 629. The van der Waals surface area contributed by atoms with Crippen molar-refractivity contribution in [1.82, 2.24) is 15.5 Å².